The lowest BCUT2D eigenvalue weighted by atomic mass is 9.85. The molecule has 3 fully saturated rings. The normalized spacial score (nSPS) is 21.6. The summed E-state index contributed by atoms with van der Waals surface area (Å²) in [4.78, 5) is 24.0. The highest BCUT2D eigenvalue weighted by Crippen LogP contribution is 2.38. The smallest absolute Gasteiger partial charge is 0.266 e. The number of piperidine rings is 1. The first kappa shape index (κ1) is 18.0. The molecule has 0 radical (unpaired) electrons. The van der Waals surface area contributed by atoms with Crippen LogP contribution in [0, 0.1) is 5.92 Å². The number of aromatic nitrogens is 4. The number of hydrogen-bond donors (Lipinski definition) is 0. The van der Waals surface area contributed by atoms with Crippen LogP contribution in [0.15, 0.2) is 29.2 Å². The minimum absolute atomic E-state index is 0.0383. The van der Waals surface area contributed by atoms with Crippen LogP contribution in [-0.4, -0.2) is 37.7 Å². The summed E-state index contributed by atoms with van der Waals surface area (Å²) in [5.41, 5.74) is 2.28. The first-order valence-electron chi connectivity index (χ1n) is 10.9. The zero-order valence-electron chi connectivity index (χ0n) is 16.5. The van der Waals surface area contributed by atoms with E-state index in [1.54, 1.807) is 10.7 Å². The van der Waals surface area contributed by atoms with Gasteiger partial charge in [0.2, 0.25) is 0 Å². The van der Waals surface area contributed by atoms with Gasteiger partial charge in [-0.1, -0.05) is 6.42 Å². The van der Waals surface area contributed by atoms with Gasteiger partial charge in [0.15, 0.2) is 0 Å². The van der Waals surface area contributed by atoms with E-state index in [9.17, 15) is 4.79 Å². The van der Waals surface area contributed by atoms with Gasteiger partial charge in [0.1, 0.15) is 5.82 Å². The minimum Gasteiger partial charge on any atom is -0.297 e. The number of likely N-dealkylation sites (tertiary alicyclic amines) is 1. The molecule has 0 spiro atoms. The second kappa shape index (κ2) is 7.74. The Morgan fingerprint density at radius 2 is 1.79 bits per heavy atom. The summed E-state index contributed by atoms with van der Waals surface area (Å²) in [6.07, 6.45) is 10.4. The molecule has 3 heterocycles. The van der Waals surface area contributed by atoms with Crippen LogP contribution < -0.4 is 5.56 Å². The van der Waals surface area contributed by atoms with Gasteiger partial charge >= 0.3 is 0 Å². The summed E-state index contributed by atoms with van der Waals surface area (Å²) in [6.45, 7) is 3.78. The average molecular weight is 380 g/mol. The van der Waals surface area contributed by atoms with Crippen LogP contribution in [0.5, 0.6) is 0 Å². The van der Waals surface area contributed by atoms with Crippen LogP contribution in [0.4, 0.5) is 0 Å². The van der Waals surface area contributed by atoms with E-state index >= 15 is 0 Å². The molecule has 2 aliphatic carbocycles. The van der Waals surface area contributed by atoms with Crippen molar-refractivity contribution in [2.45, 2.75) is 69.9 Å². The zero-order valence-corrected chi connectivity index (χ0v) is 16.5. The van der Waals surface area contributed by atoms with Gasteiger partial charge in [-0.2, -0.15) is 5.10 Å². The topological polar surface area (TPSA) is 63.9 Å². The molecule has 0 aromatic carbocycles. The van der Waals surface area contributed by atoms with Crippen molar-refractivity contribution in [3.63, 3.8) is 0 Å². The van der Waals surface area contributed by atoms with Gasteiger partial charge in [0, 0.05) is 37.2 Å². The van der Waals surface area contributed by atoms with Crippen molar-refractivity contribution in [1.29, 1.82) is 0 Å². The Bertz CT molecular complexity index is 878. The first-order valence-corrected chi connectivity index (χ1v) is 10.9. The van der Waals surface area contributed by atoms with Crippen LogP contribution in [0.2, 0.25) is 0 Å². The summed E-state index contributed by atoms with van der Waals surface area (Å²) in [5, 5.41) is 4.63. The van der Waals surface area contributed by atoms with Crippen LogP contribution in [-0.2, 0) is 13.1 Å². The minimum atomic E-state index is 0.0383. The molecular weight excluding hydrogens is 350 g/mol. The molecule has 1 aliphatic heterocycles. The van der Waals surface area contributed by atoms with E-state index in [4.69, 9.17) is 4.98 Å². The van der Waals surface area contributed by atoms with Gasteiger partial charge in [-0.05, 0) is 69.7 Å². The maximum Gasteiger partial charge on any atom is 0.266 e. The van der Waals surface area contributed by atoms with E-state index in [-0.39, 0.29) is 5.56 Å². The van der Waals surface area contributed by atoms with Gasteiger partial charge in [-0.3, -0.25) is 9.69 Å². The highest BCUT2D eigenvalue weighted by atomic mass is 16.1. The summed E-state index contributed by atoms with van der Waals surface area (Å²) in [6, 6.07) is 5.67. The second-order valence-corrected chi connectivity index (χ2v) is 8.81. The standard InChI is InChI=1S/C22H29N5O/c28-21-7-6-20(17-4-5-17)25-27(21)14-16-9-12-26(13-10-16)15-19-8-11-23-22(24-19)18-2-1-3-18/h6-8,11,16-18H,1-5,9-10,12-15H2. The molecule has 0 N–H and O–H groups in total. The van der Waals surface area contributed by atoms with E-state index in [0.29, 0.717) is 17.8 Å². The molecular formula is C22H29N5O. The van der Waals surface area contributed by atoms with E-state index in [1.165, 1.54) is 32.1 Å². The molecule has 0 unspecified atom stereocenters. The number of hydrogen-bond acceptors (Lipinski definition) is 5. The van der Waals surface area contributed by atoms with Crippen LogP contribution in [0.25, 0.3) is 0 Å². The molecule has 28 heavy (non-hydrogen) atoms. The van der Waals surface area contributed by atoms with Crippen molar-refractivity contribution in [2.24, 2.45) is 5.92 Å². The van der Waals surface area contributed by atoms with Crippen molar-refractivity contribution in [3.8, 4) is 0 Å². The highest BCUT2D eigenvalue weighted by Gasteiger charge is 2.27. The third kappa shape index (κ3) is 4.02. The molecule has 0 bridgehead atoms. The fourth-order valence-electron chi connectivity index (χ4n) is 4.36. The first-order chi connectivity index (χ1) is 13.7. The van der Waals surface area contributed by atoms with Crippen molar-refractivity contribution < 1.29 is 0 Å². The molecule has 2 saturated carbocycles. The van der Waals surface area contributed by atoms with Gasteiger partial charge in [-0.25, -0.2) is 14.6 Å². The fraction of sp³-hybridized carbons (Fsp3) is 0.636. The Morgan fingerprint density at radius 3 is 2.50 bits per heavy atom. The van der Waals surface area contributed by atoms with Crippen LogP contribution >= 0.6 is 0 Å². The Kier molecular flexibility index (Phi) is 4.97. The van der Waals surface area contributed by atoms with Crippen molar-refractivity contribution in [1.82, 2.24) is 24.6 Å². The lowest BCUT2D eigenvalue weighted by Gasteiger charge is -2.32. The zero-order chi connectivity index (χ0) is 18.9. The maximum atomic E-state index is 12.2. The average Bonchev–Trinajstić information content (AvgIpc) is 3.49. The second-order valence-electron chi connectivity index (χ2n) is 8.81. The third-order valence-corrected chi connectivity index (χ3v) is 6.61. The molecule has 1 saturated heterocycles. The van der Waals surface area contributed by atoms with Crippen molar-refractivity contribution >= 4 is 0 Å². The fourth-order valence-corrected chi connectivity index (χ4v) is 4.36. The van der Waals surface area contributed by atoms with E-state index < -0.39 is 0 Å². The Morgan fingerprint density at radius 1 is 0.964 bits per heavy atom. The molecule has 148 valence electrons. The Labute approximate surface area is 166 Å². The predicted octanol–water partition coefficient (Wildman–Crippen LogP) is 3.09. The third-order valence-electron chi connectivity index (χ3n) is 6.61. The van der Waals surface area contributed by atoms with Crippen molar-refractivity contribution in [3.05, 3.63) is 52.0 Å². The van der Waals surface area contributed by atoms with E-state index in [2.05, 4.69) is 21.0 Å². The van der Waals surface area contributed by atoms with E-state index in [0.717, 1.165) is 56.2 Å². The largest absolute Gasteiger partial charge is 0.297 e. The summed E-state index contributed by atoms with van der Waals surface area (Å²) in [5.74, 6) is 2.75. The lowest BCUT2D eigenvalue weighted by Crippen LogP contribution is -2.36. The van der Waals surface area contributed by atoms with Gasteiger partial charge in [0.25, 0.3) is 5.56 Å². The molecule has 5 rings (SSSR count). The molecule has 0 atom stereocenters. The van der Waals surface area contributed by atoms with Gasteiger partial charge in [0.05, 0.1) is 11.4 Å². The monoisotopic (exact) mass is 379 g/mol. The van der Waals surface area contributed by atoms with Crippen LogP contribution in [0.1, 0.15) is 74.0 Å². The summed E-state index contributed by atoms with van der Waals surface area (Å²) >= 11 is 0. The Hall–Kier alpha value is -2.08. The highest BCUT2D eigenvalue weighted by molar-refractivity contribution is 5.12. The SMILES string of the molecule is O=c1ccc(C2CC2)nn1CC1CCN(Cc2ccnc(C3CCC3)n2)CC1. The lowest BCUT2D eigenvalue weighted by molar-refractivity contribution is 0.161. The van der Waals surface area contributed by atoms with Gasteiger partial charge < -0.3 is 0 Å². The molecule has 3 aliphatic rings. The summed E-state index contributed by atoms with van der Waals surface area (Å²) in [7, 11) is 0. The Balaban J connectivity index is 1.16. The molecule has 6 heteroatoms. The van der Waals surface area contributed by atoms with Crippen LogP contribution in [0.3, 0.4) is 0 Å². The number of nitrogens with zero attached hydrogens (tertiary/aromatic N) is 5. The quantitative estimate of drug-likeness (QED) is 0.772. The van der Waals surface area contributed by atoms with Gasteiger partial charge in [-0.15, -0.1) is 0 Å². The predicted molar refractivity (Wildman–Crippen MR) is 107 cm³/mol. The molecule has 6 nitrogen and oxygen atoms in total. The maximum absolute atomic E-state index is 12.2. The molecule has 0 amide bonds. The van der Waals surface area contributed by atoms with Crippen molar-refractivity contribution in [2.75, 3.05) is 13.1 Å². The number of rotatable bonds is 6. The molecule has 2 aromatic rings. The summed E-state index contributed by atoms with van der Waals surface area (Å²) < 4.78 is 1.71. The van der Waals surface area contributed by atoms with E-state index in [1.807, 2.05) is 12.3 Å². The molecule has 2 aromatic heterocycles.